The number of thiazole rings is 1. The van der Waals surface area contributed by atoms with Gasteiger partial charge in [-0.2, -0.15) is 0 Å². The second-order valence-corrected chi connectivity index (χ2v) is 10.8. The molecule has 0 aliphatic carbocycles. The number of carbonyl (C=O) groups excluding carboxylic acids is 2. The van der Waals surface area contributed by atoms with E-state index in [9.17, 15) is 9.59 Å². The first-order chi connectivity index (χ1) is 18.0. The molecule has 8 nitrogen and oxygen atoms in total. The minimum absolute atomic E-state index is 0.149. The lowest BCUT2D eigenvalue weighted by atomic mass is 9.85. The van der Waals surface area contributed by atoms with E-state index in [-0.39, 0.29) is 17.4 Å². The fraction of sp³-hybridized carbons (Fsp3) is 0.393. The van der Waals surface area contributed by atoms with Crippen molar-refractivity contribution in [2.45, 2.75) is 57.4 Å². The largest absolute Gasteiger partial charge is 0.356 e. The summed E-state index contributed by atoms with van der Waals surface area (Å²) < 4.78 is 0. The lowest BCUT2D eigenvalue weighted by molar-refractivity contribution is -0.153. The van der Waals surface area contributed by atoms with E-state index >= 15 is 0 Å². The van der Waals surface area contributed by atoms with Crippen molar-refractivity contribution in [2.24, 2.45) is 0 Å². The molecule has 2 N–H and O–H groups in total. The maximum absolute atomic E-state index is 12.0. The van der Waals surface area contributed by atoms with Crippen LogP contribution < -0.4 is 10.6 Å². The Kier molecular flexibility index (Phi) is 7.32. The van der Waals surface area contributed by atoms with Crippen LogP contribution in [0, 0.1) is 6.92 Å². The maximum Gasteiger partial charge on any atom is 0.227 e. The van der Waals surface area contributed by atoms with Gasteiger partial charge in [-0.3, -0.25) is 9.59 Å². The summed E-state index contributed by atoms with van der Waals surface area (Å²) in [5.41, 5.74) is 3.79. The van der Waals surface area contributed by atoms with Crippen molar-refractivity contribution in [1.29, 1.82) is 0 Å². The first-order valence-electron chi connectivity index (χ1n) is 12.8. The molecular formula is C28H32N6O2S. The first kappa shape index (κ1) is 25.1. The van der Waals surface area contributed by atoms with E-state index in [1.165, 1.54) is 6.42 Å². The smallest absolute Gasteiger partial charge is 0.227 e. The fourth-order valence-corrected chi connectivity index (χ4v) is 6.31. The summed E-state index contributed by atoms with van der Waals surface area (Å²) in [7, 11) is 0. The van der Waals surface area contributed by atoms with Crippen LogP contribution in [0.3, 0.4) is 0 Å². The normalized spacial score (nSPS) is 20.6. The number of nitrogens with zero attached hydrogens (tertiary/aromatic N) is 4. The number of fused-ring (bicyclic) bond motifs is 1. The van der Waals surface area contributed by atoms with Gasteiger partial charge >= 0.3 is 0 Å². The third kappa shape index (κ3) is 5.41. The summed E-state index contributed by atoms with van der Waals surface area (Å²) >= 11 is 1.69. The van der Waals surface area contributed by atoms with Gasteiger partial charge in [0, 0.05) is 37.6 Å². The molecule has 9 heteroatoms. The van der Waals surface area contributed by atoms with Crippen LogP contribution in [-0.4, -0.2) is 44.8 Å². The van der Waals surface area contributed by atoms with Crippen molar-refractivity contribution in [3.8, 4) is 10.4 Å². The third-order valence-corrected chi connectivity index (χ3v) is 8.28. The molecule has 0 spiro atoms. The second-order valence-electron chi connectivity index (χ2n) is 9.77. The van der Waals surface area contributed by atoms with E-state index < -0.39 is 0 Å². The van der Waals surface area contributed by atoms with Crippen molar-refractivity contribution in [3.63, 3.8) is 0 Å². The predicted molar refractivity (Wildman–Crippen MR) is 146 cm³/mol. The van der Waals surface area contributed by atoms with E-state index in [4.69, 9.17) is 4.98 Å². The highest BCUT2D eigenvalue weighted by atomic mass is 32.1. The number of rotatable bonds is 5. The summed E-state index contributed by atoms with van der Waals surface area (Å²) in [4.78, 5) is 39.1. The molecule has 6 rings (SSSR count). The number of anilines is 2. The molecule has 1 unspecified atom stereocenters. The van der Waals surface area contributed by atoms with Crippen LogP contribution in [0.4, 0.5) is 11.6 Å². The quantitative estimate of drug-likeness (QED) is 0.453. The molecule has 3 aliphatic heterocycles. The average molecular weight is 517 g/mol. The zero-order valence-corrected chi connectivity index (χ0v) is 21.9. The second kappa shape index (κ2) is 10.8. The average Bonchev–Trinajstić information content (AvgIpc) is 3.44. The van der Waals surface area contributed by atoms with Crippen molar-refractivity contribution in [1.82, 2.24) is 25.2 Å². The van der Waals surface area contributed by atoms with Gasteiger partial charge < -0.3 is 15.5 Å². The Bertz CT molecular complexity index is 1310. The van der Waals surface area contributed by atoms with E-state index in [0.717, 1.165) is 77.6 Å². The highest BCUT2D eigenvalue weighted by Crippen LogP contribution is 2.51. The number of hydrogen-bond acceptors (Lipinski definition) is 7. The molecule has 3 fully saturated rings. The van der Waals surface area contributed by atoms with Crippen LogP contribution in [0.2, 0.25) is 0 Å². The van der Waals surface area contributed by atoms with Gasteiger partial charge in [0.2, 0.25) is 17.8 Å². The molecule has 3 aliphatic rings. The Hall–Kier alpha value is -3.59. The minimum Gasteiger partial charge on any atom is -0.356 e. The van der Waals surface area contributed by atoms with E-state index in [2.05, 4.69) is 52.3 Å². The molecule has 2 aromatic heterocycles. The molecule has 1 aromatic carbocycles. The van der Waals surface area contributed by atoms with Crippen molar-refractivity contribution in [3.05, 3.63) is 59.5 Å². The van der Waals surface area contributed by atoms with Gasteiger partial charge in [0.15, 0.2) is 0 Å². The number of aryl methyl sites for hydroxylation is 1. The zero-order valence-electron chi connectivity index (χ0n) is 21.1. The molecule has 37 heavy (non-hydrogen) atoms. The Morgan fingerprint density at radius 1 is 1.16 bits per heavy atom. The SMILES string of the molecule is C=Cc1ccnc(Nc2cc(C)cc(-c3cnc(C45CCCN4C(=O)C5)s3)c2)n1.O=C1CCCCCN1. The van der Waals surface area contributed by atoms with Gasteiger partial charge in [-0.25, -0.2) is 15.0 Å². The first-order valence-corrected chi connectivity index (χ1v) is 13.7. The number of hydrogen-bond donors (Lipinski definition) is 2. The number of nitrogens with one attached hydrogen (secondary N) is 2. The molecule has 2 amide bonds. The Morgan fingerprint density at radius 2 is 2.05 bits per heavy atom. The molecule has 1 atom stereocenters. The van der Waals surface area contributed by atoms with Gasteiger partial charge in [-0.1, -0.05) is 19.1 Å². The van der Waals surface area contributed by atoms with Crippen molar-refractivity contribution < 1.29 is 9.59 Å². The molecule has 3 aromatic rings. The molecule has 3 saturated heterocycles. The monoisotopic (exact) mass is 516 g/mol. The maximum atomic E-state index is 12.0. The van der Waals surface area contributed by atoms with E-state index in [1.54, 1.807) is 23.6 Å². The van der Waals surface area contributed by atoms with Crippen molar-refractivity contribution >= 4 is 40.9 Å². The number of β-lactam (4-membered cyclic amide) rings is 1. The Labute approximate surface area is 221 Å². The van der Waals surface area contributed by atoms with E-state index in [1.807, 2.05) is 17.2 Å². The summed E-state index contributed by atoms with van der Waals surface area (Å²) in [5.74, 6) is 1.02. The predicted octanol–water partition coefficient (Wildman–Crippen LogP) is 5.19. The summed E-state index contributed by atoms with van der Waals surface area (Å²) in [6.07, 6.45) is 12.2. The molecular weight excluding hydrogens is 484 g/mol. The van der Waals surface area contributed by atoms with Crippen LogP contribution in [0.15, 0.2) is 43.2 Å². The lowest BCUT2D eigenvalue weighted by Gasteiger charge is -2.45. The highest BCUT2D eigenvalue weighted by Gasteiger charge is 2.56. The van der Waals surface area contributed by atoms with Crippen LogP contribution in [0.25, 0.3) is 16.5 Å². The molecule has 0 radical (unpaired) electrons. The van der Waals surface area contributed by atoms with Gasteiger partial charge in [0.25, 0.3) is 0 Å². The van der Waals surface area contributed by atoms with Crippen LogP contribution in [0.1, 0.15) is 61.2 Å². The summed E-state index contributed by atoms with van der Waals surface area (Å²) in [6.45, 7) is 7.57. The van der Waals surface area contributed by atoms with Crippen LogP contribution >= 0.6 is 11.3 Å². The number of carbonyl (C=O) groups is 2. The lowest BCUT2D eigenvalue weighted by Crippen LogP contribution is -2.57. The standard InChI is InChI=1S/C22H21N5OS.C6H11NO/c1-3-16-5-7-23-21(25-16)26-17-10-14(2)9-15(11-17)18-13-24-20(29-18)22-6-4-8-27(22)19(28)12-22;8-6-4-2-1-3-5-7-6/h3,5,7,9-11,13H,1,4,6,8,12H2,2H3,(H,23,25,26);1-5H2,(H,7,8). The van der Waals surface area contributed by atoms with Gasteiger partial charge in [-0.05, 0) is 68.0 Å². The third-order valence-electron chi connectivity index (χ3n) is 7.04. The zero-order chi connectivity index (χ0) is 25.8. The topological polar surface area (TPSA) is 100 Å². The summed E-state index contributed by atoms with van der Waals surface area (Å²) in [5, 5.41) is 7.15. The molecule has 5 heterocycles. The van der Waals surface area contributed by atoms with Crippen molar-refractivity contribution in [2.75, 3.05) is 18.4 Å². The molecule has 0 bridgehead atoms. The molecule has 0 saturated carbocycles. The highest BCUT2D eigenvalue weighted by molar-refractivity contribution is 7.15. The van der Waals surface area contributed by atoms with Gasteiger partial charge in [0.1, 0.15) is 10.5 Å². The number of benzene rings is 1. The summed E-state index contributed by atoms with van der Waals surface area (Å²) in [6, 6.07) is 8.12. The minimum atomic E-state index is -0.149. The van der Waals surface area contributed by atoms with E-state index in [0.29, 0.717) is 12.4 Å². The van der Waals surface area contributed by atoms with Crippen LogP contribution in [0.5, 0.6) is 0 Å². The molecule has 192 valence electrons. The van der Waals surface area contributed by atoms with Gasteiger partial charge in [0.05, 0.1) is 17.0 Å². The fourth-order valence-electron chi connectivity index (χ4n) is 5.18. The Balaban J connectivity index is 0.000000301. The van der Waals surface area contributed by atoms with Gasteiger partial charge in [-0.15, -0.1) is 11.3 Å². The number of amides is 2. The Morgan fingerprint density at radius 3 is 2.89 bits per heavy atom. The number of aromatic nitrogens is 3. The van der Waals surface area contributed by atoms with Crippen LogP contribution in [-0.2, 0) is 15.1 Å².